The first-order valence-corrected chi connectivity index (χ1v) is 11.8. The molecule has 2 aromatic carbocycles. The van der Waals surface area contributed by atoms with Crippen LogP contribution in [0.5, 0.6) is 0 Å². The maximum atomic E-state index is 11.9. The first kappa shape index (κ1) is 21.6. The second-order valence-electron chi connectivity index (χ2n) is 8.10. The van der Waals surface area contributed by atoms with Crippen LogP contribution in [0.2, 0.25) is 0 Å². The van der Waals surface area contributed by atoms with E-state index in [2.05, 4.69) is 67.6 Å². The number of carbonyl (C=O) groups is 1. The highest BCUT2D eigenvalue weighted by molar-refractivity contribution is 9.10. The van der Waals surface area contributed by atoms with Crippen LogP contribution in [-0.2, 0) is 11.2 Å². The number of benzene rings is 2. The van der Waals surface area contributed by atoms with Crippen molar-refractivity contribution in [3.63, 3.8) is 0 Å². The number of imidazole rings is 1. The monoisotopic (exact) mass is 481 g/mol. The summed E-state index contributed by atoms with van der Waals surface area (Å²) in [6.07, 6.45) is 8.37. The van der Waals surface area contributed by atoms with Gasteiger partial charge in [0.2, 0.25) is 0 Å². The average molecular weight is 482 g/mol. The third-order valence-electron chi connectivity index (χ3n) is 5.80. The van der Waals surface area contributed by atoms with Crippen LogP contribution >= 0.6 is 15.9 Å². The van der Waals surface area contributed by atoms with Crippen LogP contribution in [0.15, 0.2) is 59.2 Å². The normalized spacial score (nSPS) is 14.4. The molecule has 5 nitrogen and oxygen atoms in total. The summed E-state index contributed by atoms with van der Waals surface area (Å²) in [5, 5.41) is 2.82. The summed E-state index contributed by atoms with van der Waals surface area (Å²) < 4.78 is 6.44. The van der Waals surface area contributed by atoms with E-state index in [-0.39, 0.29) is 6.09 Å². The Kier molecular flexibility index (Phi) is 7.41. The molecule has 1 aromatic heterocycles. The minimum Gasteiger partial charge on any atom is -0.449 e. The van der Waals surface area contributed by atoms with Gasteiger partial charge in [-0.15, -0.1) is 0 Å². The van der Waals surface area contributed by atoms with Crippen LogP contribution in [0, 0.1) is 5.92 Å². The number of rotatable bonds is 7. The van der Waals surface area contributed by atoms with Gasteiger partial charge >= 0.3 is 6.09 Å². The zero-order valence-electron chi connectivity index (χ0n) is 17.6. The number of aromatic nitrogens is 2. The molecule has 0 saturated heterocycles. The molecule has 0 radical (unpaired) electrons. The van der Waals surface area contributed by atoms with E-state index in [1.807, 2.05) is 18.3 Å². The summed E-state index contributed by atoms with van der Waals surface area (Å²) in [5.41, 5.74) is 4.31. The standard InChI is InChI=1S/C25H28BrN3O2/c26-22-12-10-20(11-13-22)19-6-8-21(9-7-19)23-16-28-24(29-23)14-15-27-25(30)31-17-18-4-2-1-3-5-18/h6-13,16,18H,1-5,14-15,17H2,(H,27,30)(H,28,29). The molecule has 6 heteroatoms. The van der Waals surface area contributed by atoms with Crippen LogP contribution < -0.4 is 5.32 Å². The Morgan fingerprint density at radius 1 is 1.00 bits per heavy atom. The van der Waals surface area contributed by atoms with Crippen LogP contribution in [0.3, 0.4) is 0 Å². The molecule has 0 spiro atoms. The Labute approximate surface area is 191 Å². The summed E-state index contributed by atoms with van der Waals surface area (Å²) in [7, 11) is 0. The molecule has 0 bridgehead atoms. The van der Waals surface area contributed by atoms with Crippen molar-refractivity contribution in [3.05, 3.63) is 65.0 Å². The van der Waals surface area contributed by atoms with Gasteiger partial charge in [0.05, 0.1) is 12.3 Å². The molecule has 4 rings (SSSR count). The summed E-state index contributed by atoms with van der Waals surface area (Å²) in [4.78, 5) is 19.8. The maximum Gasteiger partial charge on any atom is 0.407 e. The second kappa shape index (κ2) is 10.6. The largest absolute Gasteiger partial charge is 0.449 e. The van der Waals surface area contributed by atoms with E-state index in [1.54, 1.807) is 0 Å². The number of amides is 1. The summed E-state index contributed by atoms with van der Waals surface area (Å²) >= 11 is 3.47. The van der Waals surface area contributed by atoms with Crippen molar-refractivity contribution in [3.8, 4) is 22.4 Å². The molecule has 1 heterocycles. The molecule has 1 aliphatic carbocycles. The lowest BCUT2D eigenvalue weighted by molar-refractivity contribution is 0.116. The van der Waals surface area contributed by atoms with Gasteiger partial charge in [-0.1, -0.05) is 71.6 Å². The highest BCUT2D eigenvalue weighted by Crippen LogP contribution is 2.25. The van der Waals surface area contributed by atoms with Gasteiger partial charge in [0.15, 0.2) is 0 Å². The quantitative estimate of drug-likeness (QED) is 0.412. The second-order valence-corrected chi connectivity index (χ2v) is 9.01. The summed E-state index contributed by atoms with van der Waals surface area (Å²) in [6.45, 7) is 1.03. The van der Waals surface area contributed by atoms with E-state index < -0.39 is 0 Å². The number of aromatic amines is 1. The molecular formula is C25H28BrN3O2. The van der Waals surface area contributed by atoms with E-state index in [0.717, 1.165) is 21.6 Å². The fraction of sp³-hybridized carbons (Fsp3) is 0.360. The molecule has 3 aromatic rings. The van der Waals surface area contributed by atoms with Gasteiger partial charge in [-0.25, -0.2) is 9.78 Å². The van der Waals surface area contributed by atoms with Crippen molar-refractivity contribution in [2.24, 2.45) is 5.92 Å². The molecule has 1 amide bonds. The summed E-state index contributed by atoms with van der Waals surface area (Å²) in [5.74, 6) is 1.38. The number of carbonyl (C=O) groups excluding carboxylic acids is 1. The van der Waals surface area contributed by atoms with Gasteiger partial charge in [-0.2, -0.15) is 0 Å². The van der Waals surface area contributed by atoms with Crippen molar-refractivity contribution in [1.82, 2.24) is 15.3 Å². The molecular weight excluding hydrogens is 454 g/mol. The van der Waals surface area contributed by atoms with E-state index >= 15 is 0 Å². The Hall–Kier alpha value is -2.60. The first-order chi connectivity index (χ1) is 15.2. The van der Waals surface area contributed by atoms with Crippen LogP contribution in [0.25, 0.3) is 22.4 Å². The highest BCUT2D eigenvalue weighted by atomic mass is 79.9. The molecule has 0 unspecified atom stereocenters. The number of nitrogens with one attached hydrogen (secondary N) is 2. The topological polar surface area (TPSA) is 67.0 Å². The SMILES string of the molecule is O=C(NCCc1nc(-c2ccc(-c3ccc(Br)cc3)cc2)c[nH]1)OCC1CCCCC1. The Morgan fingerprint density at radius 2 is 1.65 bits per heavy atom. The molecule has 0 aliphatic heterocycles. The lowest BCUT2D eigenvalue weighted by atomic mass is 9.90. The van der Waals surface area contributed by atoms with Crippen LogP contribution in [0.4, 0.5) is 4.79 Å². The highest BCUT2D eigenvalue weighted by Gasteiger charge is 2.15. The number of H-pyrrole nitrogens is 1. The molecule has 2 N–H and O–H groups in total. The van der Waals surface area contributed by atoms with Crippen molar-refractivity contribution >= 4 is 22.0 Å². The van der Waals surface area contributed by atoms with Gasteiger partial charge in [-0.05, 0) is 42.0 Å². The van der Waals surface area contributed by atoms with Gasteiger partial charge in [-0.3, -0.25) is 0 Å². The first-order valence-electron chi connectivity index (χ1n) is 11.0. The molecule has 1 aliphatic rings. The van der Waals surface area contributed by atoms with E-state index in [4.69, 9.17) is 4.74 Å². The number of ether oxygens (including phenoxy) is 1. The van der Waals surface area contributed by atoms with Crippen molar-refractivity contribution in [2.75, 3.05) is 13.2 Å². The fourth-order valence-corrected chi connectivity index (χ4v) is 4.26. The van der Waals surface area contributed by atoms with Gasteiger partial charge in [0.1, 0.15) is 5.82 Å². The average Bonchev–Trinajstić information content (AvgIpc) is 3.28. The number of hydrogen-bond donors (Lipinski definition) is 2. The number of nitrogens with zero attached hydrogens (tertiary/aromatic N) is 1. The van der Waals surface area contributed by atoms with Crippen molar-refractivity contribution in [2.45, 2.75) is 38.5 Å². The maximum absolute atomic E-state index is 11.9. The Morgan fingerprint density at radius 3 is 2.35 bits per heavy atom. The minimum absolute atomic E-state index is 0.333. The molecule has 0 atom stereocenters. The number of hydrogen-bond acceptors (Lipinski definition) is 3. The number of alkyl carbamates (subject to hydrolysis) is 1. The van der Waals surface area contributed by atoms with E-state index in [1.165, 1.54) is 43.2 Å². The van der Waals surface area contributed by atoms with Crippen molar-refractivity contribution in [1.29, 1.82) is 0 Å². The predicted molar refractivity (Wildman–Crippen MR) is 127 cm³/mol. The Bertz CT molecular complexity index is 977. The zero-order valence-corrected chi connectivity index (χ0v) is 19.2. The predicted octanol–water partition coefficient (Wildman–Crippen LogP) is 6.36. The van der Waals surface area contributed by atoms with Crippen LogP contribution in [-0.4, -0.2) is 29.2 Å². The molecule has 1 saturated carbocycles. The van der Waals surface area contributed by atoms with Gasteiger partial charge in [0, 0.05) is 29.2 Å². The lowest BCUT2D eigenvalue weighted by Crippen LogP contribution is -2.28. The van der Waals surface area contributed by atoms with E-state index in [0.29, 0.717) is 25.5 Å². The number of halogens is 1. The Balaban J connectivity index is 1.24. The van der Waals surface area contributed by atoms with Crippen LogP contribution in [0.1, 0.15) is 37.9 Å². The third-order valence-corrected chi connectivity index (χ3v) is 6.32. The minimum atomic E-state index is -0.333. The van der Waals surface area contributed by atoms with Gasteiger partial charge < -0.3 is 15.0 Å². The smallest absolute Gasteiger partial charge is 0.407 e. The van der Waals surface area contributed by atoms with E-state index in [9.17, 15) is 4.79 Å². The van der Waals surface area contributed by atoms with Crippen molar-refractivity contribution < 1.29 is 9.53 Å². The lowest BCUT2D eigenvalue weighted by Gasteiger charge is -2.21. The third kappa shape index (κ3) is 6.20. The molecule has 162 valence electrons. The zero-order chi connectivity index (χ0) is 21.5. The molecule has 31 heavy (non-hydrogen) atoms. The molecule has 1 fully saturated rings. The van der Waals surface area contributed by atoms with Gasteiger partial charge in [0.25, 0.3) is 0 Å². The fourth-order valence-electron chi connectivity index (χ4n) is 3.99. The summed E-state index contributed by atoms with van der Waals surface area (Å²) in [6, 6.07) is 16.7.